The first kappa shape index (κ1) is 16.4. The summed E-state index contributed by atoms with van der Waals surface area (Å²) in [5.74, 6) is 0.424. The van der Waals surface area contributed by atoms with E-state index in [9.17, 15) is 0 Å². The molecule has 1 aliphatic heterocycles. The van der Waals surface area contributed by atoms with E-state index in [1.807, 2.05) is 12.3 Å². The molecule has 3 nitrogen and oxygen atoms in total. The van der Waals surface area contributed by atoms with Crippen LogP contribution in [0.1, 0.15) is 65.3 Å². The van der Waals surface area contributed by atoms with Gasteiger partial charge in [-0.1, -0.05) is 19.9 Å². The monoisotopic (exact) mass is 290 g/mol. The van der Waals surface area contributed by atoms with E-state index in [1.54, 1.807) is 0 Å². The molecule has 0 bridgehead atoms. The molecule has 0 saturated carbocycles. The fourth-order valence-electron chi connectivity index (χ4n) is 3.80. The summed E-state index contributed by atoms with van der Waals surface area (Å²) in [4.78, 5) is 4.71. The summed E-state index contributed by atoms with van der Waals surface area (Å²) >= 11 is 0. The van der Waals surface area contributed by atoms with Crippen molar-refractivity contribution in [2.75, 3.05) is 6.54 Å². The third-order valence-corrected chi connectivity index (χ3v) is 4.57. The smallest absolute Gasteiger partial charge is 0.0681 e. The molecule has 1 saturated heterocycles. The second-order valence-electron chi connectivity index (χ2n) is 7.21. The molecule has 118 valence electrons. The summed E-state index contributed by atoms with van der Waals surface area (Å²) < 4.78 is 6.30. The van der Waals surface area contributed by atoms with Gasteiger partial charge >= 0.3 is 0 Å². The van der Waals surface area contributed by atoms with Crippen LogP contribution in [-0.4, -0.2) is 22.7 Å². The van der Waals surface area contributed by atoms with Crippen molar-refractivity contribution in [2.45, 2.75) is 71.6 Å². The third-order valence-electron chi connectivity index (χ3n) is 4.57. The van der Waals surface area contributed by atoms with Gasteiger partial charge in [0.2, 0.25) is 0 Å². The average molecular weight is 290 g/mol. The lowest BCUT2D eigenvalue weighted by Gasteiger charge is -2.34. The molecule has 1 fully saturated rings. The lowest BCUT2D eigenvalue weighted by Crippen LogP contribution is -2.39. The number of aromatic nitrogens is 1. The Morgan fingerprint density at radius 2 is 2.05 bits per heavy atom. The van der Waals surface area contributed by atoms with Gasteiger partial charge in [-0.15, -0.1) is 0 Å². The lowest BCUT2D eigenvalue weighted by atomic mass is 9.79. The number of aryl methyl sites for hydroxylation is 1. The number of ether oxygens (including phenoxy) is 1. The Kier molecular flexibility index (Phi) is 4.74. The normalized spacial score (nSPS) is 25.0. The molecule has 0 aliphatic carbocycles. The van der Waals surface area contributed by atoms with E-state index >= 15 is 0 Å². The topological polar surface area (TPSA) is 34.2 Å². The number of pyridine rings is 1. The van der Waals surface area contributed by atoms with E-state index in [4.69, 9.17) is 9.72 Å². The van der Waals surface area contributed by atoms with Gasteiger partial charge in [0.1, 0.15) is 0 Å². The van der Waals surface area contributed by atoms with E-state index in [1.165, 1.54) is 11.3 Å². The summed E-state index contributed by atoms with van der Waals surface area (Å²) in [7, 11) is 0. The summed E-state index contributed by atoms with van der Waals surface area (Å²) in [6.45, 7) is 14.1. The molecule has 0 spiro atoms. The largest absolute Gasteiger partial charge is 0.369 e. The maximum absolute atomic E-state index is 6.30. The number of nitrogens with zero attached hydrogens (tertiary/aromatic N) is 1. The standard InChI is InChI=1S/C18H30N2O/c1-7-13-10-9-11-20-15(13)16(19-8-2)14-12-17(3,4)21-18(14,5)6/h9-11,14,16,19H,7-8,12H2,1-6H3. The van der Waals surface area contributed by atoms with E-state index in [2.05, 4.69) is 52.9 Å². The summed E-state index contributed by atoms with van der Waals surface area (Å²) in [5, 5.41) is 3.67. The molecule has 2 unspecified atom stereocenters. The summed E-state index contributed by atoms with van der Waals surface area (Å²) in [6, 6.07) is 4.48. The van der Waals surface area contributed by atoms with Crippen LogP contribution in [0.3, 0.4) is 0 Å². The second kappa shape index (κ2) is 6.05. The molecule has 2 rings (SSSR count). The number of hydrogen-bond donors (Lipinski definition) is 1. The van der Waals surface area contributed by atoms with Crippen molar-refractivity contribution in [3.05, 3.63) is 29.6 Å². The minimum atomic E-state index is -0.140. The minimum absolute atomic E-state index is 0.0665. The highest BCUT2D eigenvalue weighted by Crippen LogP contribution is 2.47. The van der Waals surface area contributed by atoms with Crippen molar-refractivity contribution in [3.63, 3.8) is 0 Å². The first-order valence-electron chi connectivity index (χ1n) is 8.18. The Morgan fingerprint density at radius 3 is 2.57 bits per heavy atom. The van der Waals surface area contributed by atoms with Gasteiger partial charge in [0.05, 0.1) is 22.9 Å². The van der Waals surface area contributed by atoms with E-state index < -0.39 is 0 Å². The SMILES string of the molecule is CCNC(c1ncccc1CC)C1CC(C)(C)OC1(C)C. The van der Waals surface area contributed by atoms with Crippen molar-refractivity contribution in [1.29, 1.82) is 0 Å². The highest BCUT2D eigenvalue weighted by Gasteiger charge is 2.49. The van der Waals surface area contributed by atoms with Crippen LogP contribution < -0.4 is 5.32 Å². The molecule has 21 heavy (non-hydrogen) atoms. The van der Waals surface area contributed by atoms with Crippen LogP contribution in [0.2, 0.25) is 0 Å². The van der Waals surface area contributed by atoms with Crippen LogP contribution >= 0.6 is 0 Å². The first-order valence-corrected chi connectivity index (χ1v) is 8.18. The number of rotatable bonds is 5. The fraction of sp³-hybridized carbons (Fsp3) is 0.722. The Balaban J connectivity index is 2.39. The van der Waals surface area contributed by atoms with Gasteiger partial charge in [-0.2, -0.15) is 0 Å². The lowest BCUT2D eigenvalue weighted by molar-refractivity contribution is -0.0779. The summed E-state index contributed by atoms with van der Waals surface area (Å²) in [5.41, 5.74) is 2.33. The maximum Gasteiger partial charge on any atom is 0.0681 e. The highest BCUT2D eigenvalue weighted by atomic mass is 16.5. The van der Waals surface area contributed by atoms with Gasteiger partial charge in [-0.3, -0.25) is 4.98 Å². The minimum Gasteiger partial charge on any atom is -0.369 e. The van der Waals surface area contributed by atoms with Crippen LogP contribution in [0.4, 0.5) is 0 Å². The zero-order valence-electron chi connectivity index (χ0n) is 14.4. The maximum atomic E-state index is 6.30. The number of nitrogens with one attached hydrogen (secondary N) is 1. The van der Waals surface area contributed by atoms with Crippen LogP contribution in [-0.2, 0) is 11.2 Å². The van der Waals surface area contributed by atoms with Crippen LogP contribution in [0.5, 0.6) is 0 Å². The van der Waals surface area contributed by atoms with E-state index in [0.717, 1.165) is 19.4 Å². The van der Waals surface area contributed by atoms with Gasteiger partial charge in [0.25, 0.3) is 0 Å². The molecule has 1 aromatic rings. The molecule has 0 radical (unpaired) electrons. The highest BCUT2D eigenvalue weighted by molar-refractivity contribution is 5.25. The molecule has 3 heteroatoms. The van der Waals surface area contributed by atoms with Gasteiger partial charge in [-0.25, -0.2) is 0 Å². The fourth-order valence-corrected chi connectivity index (χ4v) is 3.80. The predicted molar refractivity (Wildman–Crippen MR) is 87.4 cm³/mol. The van der Waals surface area contributed by atoms with Gasteiger partial charge < -0.3 is 10.1 Å². The Hall–Kier alpha value is -0.930. The van der Waals surface area contributed by atoms with Crippen molar-refractivity contribution in [3.8, 4) is 0 Å². The molecule has 0 aromatic carbocycles. The van der Waals surface area contributed by atoms with E-state index in [-0.39, 0.29) is 17.2 Å². The predicted octanol–water partition coefficient (Wildman–Crippen LogP) is 3.89. The Bertz CT molecular complexity index is 482. The van der Waals surface area contributed by atoms with Gasteiger partial charge in [0, 0.05) is 12.1 Å². The zero-order chi connectivity index (χ0) is 15.7. The molecule has 2 atom stereocenters. The summed E-state index contributed by atoms with van der Waals surface area (Å²) in [6.07, 6.45) is 3.98. The van der Waals surface area contributed by atoms with Crippen molar-refractivity contribution in [2.24, 2.45) is 5.92 Å². The van der Waals surface area contributed by atoms with Crippen LogP contribution in [0.15, 0.2) is 18.3 Å². The third kappa shape index (κ3) is 3.46. The molecule has 2 heterocycles. The second-order valence-corrected chi connectivity index (χ2v) is 7.21. The first-order chi connectivity index (χ1) is 9.80. The van der Waals surface area contributed by atoms with Crippen LogP contribution in [0, 0.1) is 5.92 Å². The molecule has 1 N–H and O–H groups in total. The quantitative estimate of drug-likeness (QED) is 0.893. The van der Waals surface area contributed by atoms with Crippen molar-refractivity contribution >= 4 is 0 Å². The van der Waals surface area contributed by atoms with Crippen molar-refractivity contribution < 1.29 is 4.74 Å². The van der Waals surface area contributed by atoms with Gasteiger partial charge in [0.15, 0.2) is 0 Å². The molecule has 0 amide bonds. The van der Waals surface area contributed by atoms with Crippen LogP contribution in [0.25, 0.3) is 0 Å². The Labute approximate surface area is 129 Å². The molecule has 1 aromatic heterocycles. The molecular formula is C18H30N2O. The van der Waals surface area contributed by atoms with Gasteiger partial charge in [-0.05, 0) is 58.7 Å². The van der Waals surface area contributed by atoms with Crippen molar-refractivity contribution in [1.82, 2.24) is 10.3 Å². The average Bonchev–Trinajstić information content (AvgIpc) is 2.64. The molecular weight excluding hydrogens is 260 g/mol. The Morgan fingerprint density at radius 1 is 1.33 bits per heavy atom. The van der Waals surface area contributed by atoms with E-state index in [0.29, 0.717) is 5.92 Å². The molecule has 1 aliphatic rings. The number of hydrogen-bond acceptors (Lipinski definition) is 3. The zero-order valence-corrected chi connectivity index (χ0v) is 14.4.